The molecule has 3 aromatic rings. The predicted octanol–water partition coefficient (Wildman–Crippen LogP) is 6.44. The average Bonchev–Trinajstić information content (AvgIpc) is 3.20. The summed E-state index contributed by atoms with van der Waals surface area (Å²) < 4.78 is 11.7. The number of para-hydroxylation sites is 2. The van der Waals surface area contributed by atoms with Gasteiger partial charge in [-0.3, -0.25) is 0 Å². The number of hydrogen-bond donors (Lipinski definition) is 1. The first-order valence-electron chi connectivity index (χ1n) is 11.5. The number of carboxylic acids is 1. The molecule has 0 spiro atoms. The quantitative estimate of drug-likeness (QED) is 0.310. The lowest BCUT2D eigenvalue weighted by Crippen LogP contribution is -2.37. The van der Waals surface area contributed by atoms with Gasteiger partial charge in [0.25, 0.3) is 6.01 Å². The Morgan fingerprint density at radius 1 is 1.03 bits per heavy atom. The van der Waals surface area contributed by atoms with Crippen molar-refractivity contribution >= 4 is 23.1 Å². The van der Waals surface area contributed by atoms with Gasteiger partial charge >= 0.3 is 5.97 Å². The van der Waals surface area contributed by atoms with Gasteiger partial charge in [-0.05, 0) is 50.1 Å². The monoisotopic (exact) mass is 438 g/mol. The highest BCUT2D eigenvalue weighted by atomic mass is 16.5. The highest BCUT2D eigenvalue weighted by Crippen LogP contribution is 2.25. The molecule has 32 heavy (non-hydrogen) atoms. The van der Waals surface area contributed by atoms with E-state index in [2.05, 4.69) is 11.8 Å². The molecule has 0 radical (unpaired) electrons. The van der Waals surface area contributed by atoms with E-state index in [0.717, 1.165) is 29.6 Å². The first kappa shape index (κ1) is 23.6. The number of aromatic nitrogens is 1. The number of unbranched alkanes of at least 4 members (excludes halogenated alkanes) is 5. The molecule has 172 valence electrons. The van der Waals surface area contributed by atoms with E-state index in [4.69, 9.17) is 14.1 Å². The molecule has 3 rings (SSSR count). The number of carboxylic acid groups (broad SMARTS) is 1. The number of anilines is 1. The number of nitrogens with zero attached hydrogens (tertiary/aromatic N) is 2. The summed E-state index contributed by atoms with van der Waals surface area (Å²) in [5.74, 6) is -0.465. The molecule has 0 fully saturated rings. The molecule has 0 aliphatic rings. The molecule has 0 amide bonds. The Bertz CT molecular complexity index is 961. The summed E-state index contributed by atoms with van der Waals surface area (Å²) in [6.07, 6.45) is 7.35. The van der Waals surface area contributed by atoms with Gasteiger partial charge in [0.2, 0.25) is 0 Å². The van der Waals surface area contributed by atoms with E-state index in [1.807, 2.05) is 48.5 Å². The van der Waals surface area contributed by atoms with Crippen molar-refractivity contribution in [2.45, 2.75) is 71.4 Å². The molecule has 0 atom stereocenters. The van der Waals surface area contributed by atoms with Crippen molar-refractivity contribution in [1.82, 2.24) is 4.98 Å². The second kappa shape index (κ2) is 11.0. The van der Waals surface area contributed by atoms with Crippen LogP contribution in [0.1, 0.15) is 64.9 Å². The van der Waals surface area contributed by atoms with Crippen LogP contribution in [0.2, 0.25) is 0 Å². The van der Waals surface area contributed by atoms with Crippen LogP contribution in [0.3, 0.4) is 0 Å². The number of ether oxygens (including phenoxy) is 1. The maximum absolute atomic E-state index is 11.3. The maximum Gasteiger partial charge on any atom is 0.347 e. The molecular weight excluding hydrogens is 404 g/mol. The molecule has 6 nitrogen and oxygen atoms in total. The molecule has 0 bridgehead atoms. The van der Waals surface area contributed by atoms with Gasteiger partial charge in [-0.15, -0.1) is 0 Å². The number of carbonyl (C=O) groups is 1. The smallest absolute Gasteiger partial charge is 0.347 e. The highest BCUT2D eigenvalue weighted by Gasteiger charge is 2.29. The Balaban J connectivity index is 1.69. The third kappa shape index (κ3) is 6.49. The normalized spacial score (nSPS) is 11.6. The van der Waals surface area contributed by atoms with E-state index >= 15 is 0 Å². The van der Waals surface area contributed by atoms with Crippen molar-refractivity contribution in [3.63, 3.8) is 0 Å². The zero-order valence-electron chi connectivity index (χ0n) is 19.3. The minimum absolute atomic E-state index is 0.533. The minimum atomic E-state index is -1.27. The first-order chi connectivity index (χ1) is 15.4. The van der Waals surface area contributed by atoms with Crippen LogP contribution in [0, 0.1) is 0 Å². The number of fused-ring (bicyclic) bond motifs is 1. The van der Waals surface area contributed by atoms with Crippen molar-refractivity contribution in [1.29, 1.82) is 0 Å². The van der Waals surface area contributed by atoms with Crippen molar-refractivity contribution in [3.05, 3.63) is 54.1 Å². The van der Waals surface area contributed by atoms with Crippen LogP contribution in [0.5, 0.6) is 5.75 Å². The average molecular weight is 439 g/mol. The fourth-order valence-electron chi connectivity index (χ4n) is 3.54. The molecule has 0 aliphatic carbocycles. The Kier molecular flexibility index (Phi) is 8.14. The number of hydrogen-bond acceptors (Lipinski definition) is 5. The molecule has 0 aliphatic heterocycles. The van der Waals surface area contributed by atoms with Gasteiger partial charge in [-0.25, -0.2) is 4.79 Å². The zero-order chi connectivity index (χ0) is 23.0. The van der Waals surface area contributed by atoms with E-state index in [-0.39, 0.29) is 0 Å². The molecule has 1 heterocycles. The van der Waals surface area contributed by atoms with E-state index in [1.54, 1.807) is 13.8 Å². The lowest BCUT2D eigenvalue weighted by Gasteiger charge is -2.23. The third-order valence-corrected chi connectivity index (χ3v) is 5.52. The lowest BCUT2D eigenvalue weighted by molar-refractivity contribution is -0.152. The Morgan fingerprint density at radius 3 is 2.41 bits per heavy atom. The standard InChI is InChI=1S/C26H34N2O4/c1-4-5-6-7-8-11-18-28(25-27-22-12-9-10-13-23(22)31-25)19-20-14-16-21(17-15-20)32-26(2,3)24(29)30/h9-10,12-17H,4-8,11,18-19H2,1-3H3,(H,29,30). The van der Waals surface area contributed by atoms with Crippen LogP contribution in [0.25, 0.3) is 11.1 Å². The van der Waals surface area contributed by atoms with Crippen LogP contribution in [0.15, 0.2) is 52.9 Å². The largest absolute Gasteiger partial charge is 0.478 e. The van der Waals surface area contributed by atoms with Crippen LogP contribution in [0.4, 0.5) is 6.01 Å². The Morgan fingerprint density at radius 2 is 1.72 bits per heavy atom. The van der Waals surface area contributed by atoms with Crippen molar-refractivity contribution in [2.24, 2.45) is 0 Å². The van der Waals surface area contributed by atoms with Gasteiger partial charge < -0.3 is 19.2 Å². The van der Waals surface area contributed by atoms with E-state index in [0.29, 0.717) is 18.3 Å². The number of aliphatic carboxylic acids is 1. The van der Waals surface area contributed by atoms with Crippen LogP contribution >= 0.6 is 0 Å². The summed E-state index contributed by atoms with van der Waals surface area (Å²) in [5, 5.41) is 9.26. The molecule has 0 unspecified atom stereocenters. The number of benzene rings is 2. The van der Waals surface area contributed by atoms with Gasteiger partial charge in [0.1, 0.15) is 11.3 Å². The van der Waals surface area contributed by atoms with Crippen LogP contribution in [-0.4, -0.2) is 28.2 Å². The Hall–Kier alpha value is -3.02. The molecule has 6 heteroatoms. The summed E-state index contributed by atoms with van der Waals surface area (Å²) in [5.41, 5.74) is 1.45. The predicted molar refractivity (Wildman–Crippen MR) is 127 cm³/mol. The summed E-state index contributed by atoms with van der Waals surface area (Å²) in [7, 11) is 0. The number of rotatable bonds is 13. The van der Waals surface area contributed by atoms with Gasteiger partial charge in [0, 0.05) is 13.1 Å². The van der Waals surface area contributed by atoms with Crippen molar-refractivity contribution in [3.8, 4) is 5.75 Å². The lowest BCUT2D eigenvalue weighted by atomic mass is 10.1. The molecule has 1 aromatic heterocycles. The highest BCUT2D eigenvalue weighted by molar-refractivity contribution is 5.76. The van der Waals surface area contributed by atoms with Gasteiger partial charge in [0.05, 0.1) is 0 Å². The van der Waals surface area contributed by atoms with Crippen LogP contribution < -0.4 is 9.64 Å². The second-order valence-corrected chi connectivity index (χ2v) is 8.71. The van der Waals surface area contributed by atoms with E-state index in [9.17, 15) is 9.90 Å². The minimum Gasteiger partial charge on any atom is -0.478 e. The SMILES string of the molecule is CCCCCCCCN(Cc1ccc(OC(C)(C)C(=O)O)cc1)c1nc2ccccc2o1. The van der Waals surface area contributed by atoms with E-state index in [1.165, 1.54) is 32.1 Å². The molecular formula is C26H34N2O4. The van der Waals surface area contributed by atoms with Crippen LogP contribution in [-0.2, 0) is 11.3 Å². The fourth-order valence-corrected chi connectivity index (χ4v) is 3.54. The molecule has 2 aromatic carbocycles. The second-order valence-electron chi connectivity index (χ2n) is 8.71. The summed E-state index contributed by atoms with van der Waals surface area (Å²) in [6.45, 7) is 6.83. The first-order valence-corrected chi connectivity index (χ1v) is 11.5. The topological polar surface area (TPSA) is 75.8 Å². The zero-order valence-corrected chi connectivity index (χ0v) is 19.3. The summed E-state index contributed by atoms with van der Waals surface area (Å²) in [6, 6.07) is 16.0. The third-order valence-electron chi connectivity index (χ3n) is 5.52. The maximum atomic E-state index is 11.3. The molecule has 1 N–H and O–H groups in total. The van der Waals surface area contributed by atoms with E-state index < -0.39 is 11.6 Å². The van der Waals surface area contributed by atoms with Gasteiger partial charge in [-0.2, -0.15) is 4.98 Å². The summed E-state index contributed by atoms with van der Waals surface area (Å²) in [4.78, 5) is 18.2. The van der Waals surface area contributed by atoms with Gasteiger partial charge in [-0.1, -0.05) is 63.3 Å². The summed E-state index contributed by atoms with van der Waals surface area (Å²) >= 11 is 0. The number of oxazole rings is 1. The van der Waals surface area contributed by atoms with Crippen molar-refractivity contribution < 1.29 is 19.1 Å². The van der Waals surface area contributed by atoms with Crippen molar-refractivity contribution in [2.75, 3.05) is 11.4 Å². The molecule has 0 saturated carbocycles. The Labute approximate surface area is 190 Å². The molecule has 0 saturated heterocycles. The fraction of sp³-hybridized carbons (Fsp3) is 0.462. The van der Waals surface area contributed by atoms with Gasteiger partial charge in [0.15, 0.2) is 11.2 Å².